The maximum atomic E-state index is 12.3. The van der Waals surface area contributed by atoms with Gasteiger partial charge in [-0.3, -0.25) is 4.79 Å². The van der Waals surface area contributed by atoms with Crippen molar-refractivity contribution in [1.82, 2.24) is 0 Å². The number of fused-ring (bicyclic) bond motifs is 1. The molecule has 0 bridgehead atoms. The summed E-state index contributed by atoms with van der Waals surface area (Å²) in [5.41, 5.74) is 3.80. The normalized spacial score (nSPS) is 13.6. The van der Waals surface area contributed by atoms with E-state index in [4.69, 9.17) is 0 Å². The van der Waals surface area contributed by atoms with Gasteiger partial charge in [0.25, 0.3) is 5.91 Å². The molecule has 0 aromatic heterocycles. The molecule has 1 N–H and O–H groups in total. The summed E-state index contributed by atoms with van der Waals surface area (Å²) in [5.74, 6) is -0.112. The molecule has 1 amide bonds. The highest BCUT2D eigenvalue weighted by Crippen LogP contribution is 2.23. The fourth-order valence-corrected chi connectivity index (χ4v) is 3.71. The molecule has 2 aromatic carbocycles. The first-order valence-corrected chi connectivity index (χ1v) is 9.41. The van der Waals surface area contributed by atoms with Crippen molar-refractivity contribution < 1.29 is 13.2 Å². The maximum Gasteiger partial charge on any atom is 0.255 e. The number of hydrogen-bond donors (Lipinski definition) is 1. The van der Waals surface area contributed by atoms with Crippen LogP contribution in [0.15, 0.2) is 47.4 Å². The van der Waals surface area contributed by atoms with Crippen LogP contribution >= 0.6 is 0 Å². The number of anilines is 1. The average molecular weight is 329 g/mol. The van der Waals surface area contributed by atoms with Crippen LogP contribution in [0.25, 0.3) is 0 Å². The van der Waals surface area contributed by atoms with Crippen molar-refractivity contribution >= 4 is 21.4 Å². The van der Waals surface area contributed by atoms with Gasteiger partial charge in [-0.2, -0.15) is 0 Å². The molecule has 0 aliphatic heterocycles. The minimum Gasteiger partial charge on any atom is -0.322 e. The fraction of sp³-hybridized carbons (Fsp3) is 0.278. The number of benzene rings is 2. The van der Waals surface area contributed by atoms with E-state index in [1.165, 1.54) is 23.3 Å². The molecular weight excluding hydrogens is 310 g/mol. The van der Waals surface area contributed by atoms with Crippen molar-refractivity contribution in [3.05, 3.63) is 59.2 Å². The Hall–Kier alpha value is -2.14. The van der Waals surface area contributed by atoms with Gasteiger partial charge in [0.2, 0.25) is 0 Å². The minimum atomic E-state index is -3.22. The second-order valence-corrected chi connectivity index (χ2v) is 8.00. The summed E-state index contributed by atoms with van der Waals surface area (Å²) in [6, 6.07) is 12.1. The van der Waals surface area contributed by atoms with E-state index in [0.717, 1.165) is 19.3 Å². The molecule has 23 heavy (non-hydrogen) atoms. The van der Waals surface area contributed by atoms with Crippen molar-refractivity contribution in [3.63, 3.8) is 0 Å². The highest BCUT2D eigenvalue weighted by atomic mass is 32.2. The molecule has 2 aromatic rings. The SMILES string of the molecule is CCS(=O)(=O)c1ccc(NC(=O)c2ccc3c(c2)CCC3)cc1. The molecule has 0 heterocycles. The Morgan fingerprint density at radius 1 is 1.04 bits per heavy atom. The highest BCUT2D eigenvalue weighted by Gasteiger charge is 2.15. The zero-order valence-corrected chi connectivity index (χ0v) is 13.8. The van der Waals surface area contributed by atoms with Crippen LogP contribution in [-0.2, 0) is 22.7 Å². The largest absolute Gasteiger partial charge is 0.322 e. The standard InChI is InChI=1S/C18H19NO3S/c1-2-23(21,22)17-10-8-16(9-11-17)19-18(20)15-7-6-13-4-3-5-14(13)12-15/h6-12H,2-5H2,1H3,(H,19,20). The maximum absolute atomic E-state index is 12.3. The van der Waals surface area contributed by atoms with Gasteiger partial charge in [-0.05, 0) is 66.8 Å². The molecular formula is C18H19NO3S. The van der Waals surface area contributed by atoms with E-state index in [1.54, 1.807) is 19.1 Å². The van der Waals surface area contributed by atoms with E-state index in [-0.39, 0.29) is 16.6 Å². The number of amides is 1. The van der Waals surface area contributed by atoms with Gasteiger partial charge in [0, 0.05) is 11.3 Å². The summed E-state index contributed by atoms with van der Waals surface area (Å²) in [7, 11) is -3.22. The van der Waals surface area contributed by atoms with Gasteiger partial charge in [-0.25, -0.2) is 8.42 Å². The summed E-state index contributed by atoms with van der Waals surface area (Å²) in [6.07, 6.45) is 3.26. The Labute approximate surface area is 136 Å². The molecule has 1 aliphatic carbocycles. The van der Waals surface area contributed by atoms with Gasteiger partial charge < -0.3 is 5.32 Å². The van der Waals surface area contributed by atoms with E-state index in [0.29, 0.717) is 11.3 Å². The Balaban J connectivity index is 1.75. The summed E-state index contributed by atoms with van der Waals surface area (Å²) in [4.78, 5) is 12.6. The van der Waals surface area contributed by atoms with E-state index < -0.39 is 9.84 Å². The number of carbonyl (C=O) groups is 1. The topological polar surface area (TPSA) is 63.2 Å². The van der Waals surface area contributed by atoms with Crippen LogP contribution in [0.3, 0.4) is 0 Å². The zero-order chi connectivity index (χ0) is 16.4. The van der Waals surface area contributed by atoms with Crippen molar-refractivity contribution in [1.29, 1.82) is 0 Å². The van der Waals surface area contributed by atoms with Gasteiger partial charge in [-0.15, -0.1) is 0 Å². The molecule has 0 saturated heterocycles. The van der Waals surface area contributed by atoms with Crippen LogP contribution in [0.2, 0.25) is 0 Å². The first kappa shape index (κ1) is 15.7. The average Bonchev–Trinajstić information content (AvgIpc) is 3.03. The first-order valence-electron chi connectivity index (χ1n) is 7.75. The molecule has 5 heteroatoms. The van der Waals surface area contributed by atoms with Crippen LogP contribution in [0.1, 0.15) is 34.8 Å². The molecule has 1 aliphatic rings. The lowest BCUT2D eigenvalue weighted by Gasteiger charge is -2.08. The van der Waals surface area contributed by atoms with Crippen LogP contribution in [0, 0.1) is 0 Å². The molecule has 4 nitrogen and oxygen atoms in total. The van der Waals surface area contributed by atoms with E-state index in [2.05, 4.69) is 5.32 Å². The number of rotatable bonds is 4. The third-order valence-electron chi connectivity index (χ3n) is 4.21. The lowest BCUT2D eigenvalue weighted by Crippen LogP contribution is -2.12. The first-order chi connectivity index (χ1) is 11.0. The Bertz CT molecular complexity index is 839. The molecule has 0 spiro atoms. The second kappa shape index (κ2) is 6.16. The number of nitrogens with one attached hydrogen (secondary N) is 1. The lowest BCUT2D eigenvalue weighted by molar-refractivity contribution is 0.102. The molecule has 120 valence electrons. The third kappa shape index (κ3) is 3.29. The van der Waals surface area contributed by atoms with Gasteiger partial charge in [-0.1, -0.05) is 13.0 Å². The van der Waals surface area contributed by atoms with Crippen LogP contribution in [0.4, 0.5) is 5.69 Å². The van der Waals surface area contributed by atoms with Gasteiger partial charge in [0.15, 0.2) is 9.84 Å². The van der Waals surface area contributed by atoms with Crippen LogP contribution < -0.4 is 5.32 Å². The highest BCUT2D eigenvalue weighted by molar-refractivity contribution is 7.91. The number of aryl methyl sites for hydroxylation is 2. The Morgan fingerprint density at radius 2 is 1.74 bits per heavy atom. The molecule has 0 radical (unpaired) electrons. The summed E-state index contributed by atoms with van der Waals surface area (Å²) >= 11 is 0. The van der Waals surface area contributed by atoms with Crippen molar-refractivity contribution in [2.75, 3.05) is 11.1 Å². The van der Waals surface area contributed by atoms with Crippen LogP contribution in [-0.4, -0.2) is 20.1 Å². The summed E-state index contributed by atoms with van der Waals surface area (Å²) in [6.45, 7) is 1.61. The van der Waals surface area contributed by atoms with Gasteiger partial charge in [0.1, 0.15) is 0 Å². The van der Waals surface area contributed by atoms with E-state index >= 15 is 0 Å². The van der Waals surface area contributed by atoms with Crippen molar-refractivity contribution in [2.45, 2.75) is 31.1 Å². The van der Waals surface area contributed by atoms with Crippen LogP contribution in [0.5, 0.6) is 0 Å². The molecule has 3 rings (SSSR count). The molecule has 0 fully saturated rings. The number of sulfone groups is 1. The lowest BCUT2D eigenvalue weighted by atomic mass is 10.1. The molecule has 0 unspecified atom stereocenters. The van der Waals surface area contributed by atoms with Crippen molar-refractivity contribution in [3.8, 4) is 0 Å². The number of carbonyl (C=O) groups excluding carboxylic acids is 1. The van der Waals surface area contributed by atoms with Crippen molar-refractivity contribution in [2.24, 2.45) is 0 Å². The molecule has 0 atom stereocenters. The third-order valence-corrected chi connectivity index (χ3v) is 5.96. The molecule has 0 saturated carbocycles. The Morgan fingerprint density at radius 3 is 2.43 bits per heavy atom. The fourth-order valence-electron chi connectivity index (χ4n) is 2.83. The van der Waals surface area contributed by atoms with E-state index in [1.807, 2.05) is 18.2 Å². The predicted molar refractivity (Wildman–Crippen MR) is 90.6 cm³/mol. The summed E-state index contributed by atoms with van der Waals surface area (Å²) in [5, 5.41) is 2.81. The second-order valence-electron chi connectivity index (χ2n) is 5.72. The zero-order valence-electron chi connectivity index (χ0n) is 13.0. The van der Waals surface area contributed by atoms with E-state index in [9.17, 15) is 13.2 Å². The quantitative estimate of drug-likeness (QED) is 0.937. The smallest absolute Gasteiger partial charge is 0.255 e. The monoisotopic (exact) mass is 329 g/mol. The number of hydrogen-bond acceptors (Lipinski definition) is 3. The van der Waals surface area contributed by atoms with Gasteiger partial charge in [0.05, 0.1) is 10.6 Å². The van der Waals surface area contributed by atoms with Gasteiger partial charge >= 0.3 is 0 Å². The predicted octanol–water partition coefficient (Wildman–Crippen LogP) is 3.22. The minimum absolute atomic E-state index is 0.0633. The Kier molecular flexibility index (Phi) is 4.22. The summed E-state index contributed by atoms with van der Waals surface area (Å²) < 4.78 is 23.6.